The van der Waals surface area contributed by atoms with Gasteiger partial charge in [-0.15, -0.1) is 0 Å². The first kappa shape index (κ1) is 14.2. The standard InChI is InChI=1S/C17H22F2/c1-2-3-13-4-6-14(7-5-13)16-9-8-15(10-11-18)17(19)12-16/h8-14H,2-7H2,1H3/b11-10+. The number of hydrogen-bond acceptors (Lipinski definition) is 0. The molecule has 1 aromatic carbocycles. The average molecular weight is 264 g/mol. The molecule has 104 valence electrons. The highest BCUT2D eigenvalue weighted by atomic mass is 19.1. The zero-order valence-corrected chi connectivity index (χ0v) is 11.5. The second-order valence-corrected chi connectivity index (χ2v) is 5.58. The molecule has 1 saturated carbocycles. The molecule has 2 heteroatoms. The number of rotatable bonds is 4. The van der Waals surface area contributed by atoms with Crippen molar-refractivity contribution in [2.24, 2.45) is 5.92 Å². The molecule has 0 aromatic heterocycles. The van der Waals surface area contributed by atoms with Crippen LogP contribution in [0.1, 0.15) is 62.5 Å². The Morgan fingerprint density at radius 2 is 1.95 bits per heavy atom. The summed E-state index contributed by atoms with van der Waals surface area (Å²) in [6, 6.07) is 5.21. The minimum absolute atomic E-state index is 0.318. The molecule has 0 spiro atoms. The van der Waals surface area contributed by atoms with E-state index in [0.29, 0.717) is 17.8 Å². The maximum atomic E-state index is 13.8. The van der Waals surface area contributed by atoms with Crippen molar-refractivity contribution in [3.8, 4) is 0 Å². The third-order valence-corrected chi connectivity index (χ3v) is 4.28. The van der Waals surface area contributed by atoms with Crippen molar-refractivity contribution in [2.75, 3.05) is 0 Å². The van der Waals surface area contributed by atoms with Crippen LogP contribution in [-0.2, 0) is 0 Å². The molecule has 0 atom stereocenters. The van der Waals surface area contributed by atoms with Gasteiger partial charge in [-0.3, -0.25) is 0 Å². The van der Waals surface area contributed by atoms with Gasteiger partial charge in [0, 0.05) is 5.56 Å². The number of hydrogen-bond donors (Lipinski definition) is 0. The first-order chi connectivity index (χ1) is 9.24. The minimum atomic E-state index is -0.318. The third kappa shape index (κ3) is 3.65. The van der Waals surface area contributed by atoms with E-state index >= 15 is 0 Å². The molecule has 0 bridgehead atoms. The van der Waals surface area contributed by atoms with Gasteiger partial charge in [-0.1, -0.05) is 31.9 Å². The molecule has 1 fully saturated rings. The van der Waals surface area contributed by atoms with E-state index in [1.807, 2.05) is 6.07 Å². The summed E-state index contributed by atoms with van der Waals surface area (Å²) < 4.78 is 25.9. The molecule has 0 unspecified atom stereocenters. The van der Waals surface area contributed by atoms with Crippen LogP contribution in [0.3, 0.4) is 0 Å². The van der Waals surface area contributed by atoms with Crippen LogP contribution in [0.15, 0.2) is 24.5 Å². The summed E-state index contributed by atoms with van der Waals surface area (Å²) in [6.45, 7) is 2.23. The zero-order chi connectivity index (χ0) is 13.7. The number of halogens is 2. The van der Waals surface area contributed by atoms with Gasteiger partial charge >= 0.3 is 0 Å². The summed E-state index contributed by atoms with van der Waals surface area (Å²) in [7, 11) is 0. The van der Waals surface area contributed by atoms with Crippen LogP contribution < -0.4 is 0 Å². The molecule has 2 rings (SSSR count). The fraction of sp³-hybridized carbons (Fsp3) is 0.529. The lowest BCUT2D eigenvalue weighted by molar-refractivity contribution is 0.308. The summed E-state index contributed by atoms with van der Waals surface area (Å²) in [5, 5.41) is 0. The summed E-state index contributed by atoms with van der Waals surface area (Å²) in [6.07, 6.45) is 8.95. The van der Waals surface area contributed by atoms with Crippen molar-refractivity contribution in [1.82, 2.24) is 0 Å². The third-order valence-electron chi connectivity index (χ3n) is 4.28. The minimum Gasteiger partial charge on any atom is -0.216 e. The lowest BCUT2D eigenvalue weighted by Crippen LogP contribution is -2.13. The van der Waals surface area contributed by atoms with Crippen LogP contribution in [0.2, 0.25) is 0 Å². The van der Waals surface area contributed by atoms with Gasteiger partial charge in [0.05, 0.1) is 6.33 Å². The van der Waals surface area contributed by atoms with E-state index in [9.17, 15) is 8.78 Å². The normalized spacial score (nSPS) is 23.9. The SMILES string of the molecule is CCCC1CCC(c2ccc(/C=C/F)c(F)c2)CC1. The highest BCUT2D eigenvalue weighted by Crippen LogP contribution is 2.37. The predicted molar refractivity (Wildman–Crippen MR) is 76.1 cm³/mol. The van der Waals surface area contributed by atoms with Crippen LogP contribution in [-0.4, -0.2) is 0 Å². The Bertz CT molecular complexity index is 429. The zero-order valence-electron chi connectivity index (χ0n) is 11.5. The van der Waals surface area contributed by atoms with Crippen molar-refractivity contribution in [3.05, 3.63) is 41.5 Å². The van der Waals surface area contributed by atoms with Crippen molar-refractivity contribution >= 4 is 6.08 Å². The molecule has 19 heavy (non-hydrogen) atoms. The van der Waals surface area contributed by atoms with E-state index in [0.717, 1.165) is 30.4 Å². The van der Waals surface area contributed by atoms with E-state index in [1.54, 1.807) is 12.1 Å². The van der Waals surface area contributed by atoms with E-state index in [1.165, 1.54) is 25.7 Å². The van der Waals surface area contributed by atoms with Crippen molar-refractivity contribution < 1.29 is 8.78 Å². The molecule has 0 heterocycles. The van der Waals surface area contributed by atoms with E-state index < -0.39 is 0 Å². The molecule has 0 amide bonds. The highest BCUT2D eigenvalue weighted by molar-refractivity contribution is 5.49. The first-order valence-electron chi connectivity index (χ1n) is 7.30. The van der Waals surface area contributed by atoms with E-state index in [-0.39, 0.29) is 5.82 Å². The molecule has 0 saturated heterocycles. The highest BCUT2D eigenvalue weighted by Gasteiger charge is 2.22. The van der Waals surface area contributed by atoms with Crippen molar-refractivity contribution in [3.63, 3.8) is 0 Å². The molecule has 0 N–H and O–H groups in total. The van der Waals surface area contributed by atoms with Crippen LogP contribution in [0.5, 0.6) is 0 Å². The monoisotopic (exact) mass is 264 g/mol. The predicted octanol–water partition coefficient (Wildman–Crippen LogP) is 5.84. The maximum absolute atomic E-state index is 13.8. The molecule has 1 aliphatic carbocycles. The van der Waals surface area contributed by atoms with E-state index in [2.05, 4.69) is 6.92 Å². The Labute approximate surface area is 114 Å². The fourth-order valence-electron chi connectivity index (χ4n) is 3.19. The second-order valence-electron chi connectivity index (χ2n) is 5.58. The first-order valence-corrected chi connectivity index (χ1v) is 7.30. The van der Waals surface area contributed by atoms with E-state index in [4.69, 9.17) is 0 Å². The molecule has 0 aliphatic heterocycles. The van der Waals surface area contributed by atoms with Gasteiger partial charge < -0.3 is 0 Å². The summed E-state index contributed by atoms with van der Waals surface area (Å²) in [5.74, 6) is 1.02. The molecule has 0 nitrogen and oxygen atoms in total. The van der Waals surface area contributed by atoms with Gasteiger partial charge in [0.25, 0.3) is 0 Å². The van der Waals surface area contributed by atoms with Crippen LogP contribution in [0.4, 0.5) is 8.78 Å². The summed E-state index contributed by atoms with van der Waals surface area (Å²) in [5.41, 5.74) is 1.40. The molecule has 1 aliphatic rings. The smallest absolute Gasteiger partial charge is 0.130 e. The molecule has 0 radical (unpaired) electrons. The van der Waals surface area contributed by atoms with Gasteiger partial charge in [-0.2, -0.15) is 0 Å². The van der Waals surface area contributed by atoms with Gasteiger partial charge in [0.1, 0.15) is 5.82 Å². The lowest BCUT2D eigenvalue weighted by atomic mass is 9.77. The van der Waals surface area contributed by atoms with Crippen molar-refractivity contribution in [2.45, 2.75) is 51.4 Å². The maximum Gasteiger partial charge on any atom is 0.130 e. The van der Waals surface area contributed by atoms with Gasteiger partial charge in [-0.25, -0.2) is 8.78 Å². The number of benzene rings is 1. The molecule has 1 aromatic rings. The van der Waals surface area contributed by atoms with Crippen LogP contribution in [0, 0.1) is 11.7 Å². The Morgan fingerprint density at radius 1 is 1.21 bits per heavy atom. The largest absolute Gasteiger partial charge is 0.216 e. The van der Waals surface area contributed by atoms with Crippen LogP contribution in [0.25, 0.3) is 6.08 Å². The van der Waals surface area contributed by atoms with Gasteiger partial charge in [0.15, 0.2) is 0 Å². The Kier molecular flexibility index (Phi) is 5.12. The molecular formula is C17H22F2. The van der Waals surface area contributed by atoms with Crippen molar-refractivity contribution in [1.29, 1.82) is 0 Å². The summed E-state index contributed by atoms with van der Waals surface area (Å²) in [4.78, 5) is 0. The molecular weight excluding hydrogens is 242 g/mol. The quantitative estimate of drug-likeness (QED) is 0.641. The second kappa shape index (κ2) is 6.83. The topological polar surface area (TPSA) is 0 Å². The Morgan fingerprint density at radius 3 is 2.53 bits per heavy atom. The Hall–Kier alpha value is -1.18. The Balaban J connectivity index is 2.01. The lowest BCUT2D eigenvalue weighted by Gasteiger charge is -2.28. The fourth-order valence-corrected chi connectivity index (χ4v) is 3.19. The van der Waals surface area contributed by atoms with Gasteiger partial charge in [0.2, 0.25) is 0 Å². The average Bonchev–Trinajstić information content (AvgIpc) is 2.43. The van der Waals surface area contributed by atoms with Gasteiger partial charge in [-0.05, 0) is 55.2 Å². The summed E-state index contributed by atoms with van der Waals surface area (Å²) >= 11 is 0. The van der Waals surface area contributed by atoms with Crippen LogP contribution >= 0.6 is 0 Å².